The molecule has 1 aromatic rings. The highest BCUT2D eigenvalue weighted by molar-refractivity contribution is 7.12. The second kappa shape index (κ2) is 8.00. The summed E-state index contributed by atoms with van der Waals surface area (Å²) in [5.41, 5.74) is 1.19. The number of aryl methyl sites for hydroxylation is 2. The Morgan fingerprint density at radius 3 is 2.55 bits per heavy atom. The highest BCUT2D eigenvalue weighted by atomic mass is 32.1. The lowest BCUT2D eigenvalue weighted by molar-refractivity contribution is -0.174. The molecule has 1 heterocycles. The van der Waals surface area contributed by atoms with Gasteiger partial charge in [-0.1, -0.05) is 6.92 Å². The molecule has 0 saturated heterocycles. The Bertz CT molecular complexity index is 404. The van der Waals surface area contributed by atoms with E-state index in [-0.39, 0.29) is 12.6 Å². The average Bonchev–Trinajstić information content (AvgIpc) is 2.66. The first-order valence-electron chi connectivity index (χ1n) is 6.78. The predicted octanol–water partition coefficient (Wildman–Crippen LogP) is 4.37. The van der Waals surface area contributed by atoms with E-state index in [0.717, 1.165) is 13.0 Å². The minimum Gasteiger partial charge on any atom is -0.372 e. The number of ether oxygens (including phenoxy) is 1. The van der Waals surface area contributed by atoms with Gasteiger partial charge in [0.25, 0.3) is 0 Å². The van der Waals surface area contributed by atoms with Crippen LogP contribution in [0.5, 0.6) is 0 Å². The molecule has 6 heteroatoms. The van der Waals surface area contributed by atoms with Crippen LogP contribution < -0.4 is 5.32 Å². The van der Waals surface area contributed by atoms with Gasteiger partial charge in [-0.25, -0.2) is 0 Å². The Hall–Kier alpha value is -0.590. The number of alkyl halides is 3. The molecule has 0 aromatic carbocycles. The molecular formula is C14H22F3NOS. The van der Waals surface area contributed by atoms with Crippen molar-refractivity contribution in [3.63, 3.8) is 0 Å². The molecule has 0 amide bonds. The fourth-order valence-corrected chi connectivity index (χ4v) is 3.18. The number of hydrogen-bond donors (Lipinski definition) is 1. The van der Waals surface area contributed by atoms with Crippen LogP contribution in [0.1, 0.15) is 41.1 Å². The van der Waals surface area contributed by atoms with Crippen molar-refractivity contribution in [1.29, 1.82) is 0 Å². The number of rotatable bonds is 8. The van der Waals surface area contributed by atoms with Crippen LogP contribution in [0.15, 0.2) is 6.07 Å². The Morgan fingerprint density at radius 2 is 2.05 bits per heavy atom. The summed E-state index contributed by atoms with van der Waals surface area (Å²) in [6.45, 7) is 5.93. The van der Waals surface area contributed by atoms with Crippen molar-refractivity contribution < 1.29 is 17.9 Å². The van der Waals surface area contributed by atoms with Crippen LogP contribution in [0.2, 0.25) is 0 Å². The fraction of sp³-hybridized carbons (Fsp3) is 0.714. The Kier molecular flexibility index (Phi) is 6.99. The first kappa shape index (κ1) is 17.5. The molecule has 1 atom stereocenters. The van der Waals surface area contributed by atoms with Crippen LogP contribution in [0, 0.1) is 13.8 Å². The third-order valence-corrected chi connectivity index (χ3v) is 4.12. The van der Waals surface area contributed by atoms with E-state index in [1.165, 1.54) is 15.3 Å². The van der Waals surface area contributed by atoms with E-state index >= 15 is 0 Å². The minimum atomic E-state index is -4.25. The molecule has 0 aliphatic carbocycles. The fourth-order valence-electron chi connectivity index (χ4n) is 2.04. The zero-order valence-electron chi connectivity index (χ0n) is 12.1. The SMILES string of the molecule is CCCNC(CCOCC(F)(F)F)c1sc(C)cc1C. The van der Waals surface area contributed by atoms with Crippen LogP contribution in [0.25, 0.3) is 0 Å². The topological polar surface area (TPSA) is 21.3 Å². The van der Waals surface area contributed by atoms with Crippen molar-refractivity contribution in [2.45, 2.75) is 45.8 Å². The maximum atomic E-state index is 12.0. The number of hydrogen-bond acceptors (Lipinski definition) is 3. The number of thiophene rings is 1. The summed E-state index contributed by atoms with van der Waals surface area (Å²) in [5, 5.41) is 3.39. The highest BCUT2D eigenvalue weighted by Gasteiger charge is 2.27. The Labute approximate surface area is 122 Å². The lowest BCUT2D eigenvalue weighted by atomic mass is 10.1. The van der Waals surface area contributed by atoms with Crippen molar-refractivity contribution in [3.05, 3.63) is 21.4 Å². The summed E-state index contributed by atoms with van der Waals surface area (Å²) < 4.78 is 40.8. The van der Waals surface area contributed by atoms with Crippen molar-refractivity contribution in [3.8, 4) is 0 Å². The van der Waals surface area contributed by atoms with E-state index in [1.54, 1.807) is 11.3 Å². The predicted molar refractivity (Wildman–Crippen MR) is 76.3 cm³/mol. The van der Waals surface area contributed by atoms with Gasteiger partial charge in [0, 0.05) is 22.4 Å². The quantitative estimate of drug-likeness (QED) is 0.720. The van der Waals surface area contributed by atoms with Crippen LogP contribution in [0.4, 0.5) is 13.2 Å². The smallest absolute Gasteiger partial charge is 0.372 e. The van der Waals surface area contributed by atoms with Gasteiger partial charge in [0.1, 0.15) is 6.61 Å². The third kappa shape index (κ3) is 6.24. The van der Waals surface area contributed by atoms with E-state index in [1.807, 2.05) is 13.8 Å². The third-order valence-electron chi connectivity index (χ3n) is 2.85. The average molecular weight is 309 g/mol. The molecule has 2 nitrogen and oxygen atoms in total. The maximum absolute atomic E-state index is 12.0. The van der Waals surface area contributed by atoms with Gasteiger partial charge in [0.05, 0.1) is 0 Å². The van der Waals surface area contributed by atoms with Crippen LogP contribution in [-0.2, 0) is 4.74 Å². The summed E-state index contributed by atoms with van der Waals surface area (Å²) in [7, 11) is 0. The first-order valence-corrected chi connectivity index (χ1v) is 7.60. The Morgan fingerprint density at radius 1 is 1.35 bits per heavy atom. The van der Waals surface area contributed by atoms with Crippen molar-refractivity contribution in [2.75, 3.05) is 19.8 Å². The van der Waals surface area contributed by atoms with Gasteiger partial charge in [-0.3, -0.25) is 0 Å². The zero-order chi connectivity index (χ0) is 15.2. The molecule has 1 N–H and O–H groups in total. The molecule has 0 aliphatic rings. The van der Waals surface area contributed by atoms with Gasteiger partial charge < -0.3 is 10.1 Å². The van der Waals surface area contributed by atoms with E-state index in [0.29, 0.717) is 6.42 Å². The molecule has 1 unspecified atom stereocenters. The molecule has 0 radical (unpaired) electrons. The van der Waals surface area contributed by atoms with E-state index < -0.39 is 12.8 Å². The van der Waals surface area contributed by atoms with Crippen molar-refractivity contribution in [1.82, 2.24) is 5.32 Å². The standard InChI is InChI=1S/C14H22F3NOS/c1-4-6-18-12(5-7-19-9-14(15,16)17)13-10(2)8-11(3)20-13/h8,12,18H,4-7,9H2,1-3H3. The van der Waals surface area contributed by atoms with Gasteiger partial charge in [0.2, 0.25) is 0 Å². The molecule has 0 spiro atoms. The molecule has 1 rings (SSSR count). The lowest BCUT2D eigenvalue weighted by Crippen LogP contribution is -2.24. The monoisotopic (exact) mass is 309 g/mol. The highest BCUT2D eigenvalue weighted by Crippen LogP contribution is 2.29. The second-order valence-corrected chi connectivity index (χ2v) is 6.16. The molecule has 0 saturated carbocycles. The number of halogens is 3. The van der Waals surface area contributed by atoms with Gasteiger partial charge >= 0.3 is 6.18 Å². The van der Waals surface area contributed by atoms with Crippen LogP contribution in [0.3, 0.4) is 0 Å². The van der Waals surface area contributed by atoms with Crippen molar-refractivity contribution in [2.24, 2.45) is 0 Å². The normalized spacial score (nSPS) is 13.7. The summed E-state index contributed by atoms with van der Waals surface area (Å²) >= 11 is 1.70. The summed E-state index contributed by atoms with van der Waals surface area (Å²) in [6, 6.07) is 2.18. The summed E-state index contributed by atoms with van der Waals surface area (Å²) in [5.74, 6) is 0. The molecule has 20 heavy (non-hydrogen) atoms. The molecular weight excluding hydrogens is 287 g/mol. The first-order chi connectivity index (χ1) is 9.33. The van der Waals surface area contributed by atoms with Gasteiger partial charge in [-0.15, -0.1) is 11.3 Å². The van der Waals surface area contributed by atoms with Gasteiger partial charge in [-0.05, 0) is 44.9 Å². The maximum Gasteiger partial charge on any atom is 0.411 e. The van der Waals surface area contributed by atoms with Gasteiger partial charge in [0.15, 0.2) is 0 Å². The van der Waals surface area contributed by atoms with Crippen LogP contribution in [-0.4, -0.2) is 25.9 Å². The Balaban J connectivity index is 2.54. The van der Waals surface area contributed by atoms with Crippen LogP contribution >= 0.6 is 11.3 Å². The minimum absolute atomic E-state index is 0.0712. The van der Waals surface area contributed by atoms with E-state index in [2.05, 4.69) is 18.3 Å². The molecule has 0 bridgehead atoms. The molecule has 1 aromatic heterocycles. The largest absolute Gasteiger partial charge is 0.411 e. The molecule has 0 fully saturated rings. The lowest BCUT2D eigenvalue weighted by Gasteiger charge is -2.18. The number of nitrogens with one attached hydrogen (secondary N) is 1. The van der Waals surface area contributed by atoms with Gasteiger partial charge in [-0.2, -0.15) is 13.2 Å². The second-order valence-electron chi connectivity index (χ2n) is 4.87. The zero-order valence-corrected chi connectivity index (χ0v) is 13.0. The summed E-state index contributed by atoms with van der Waals surface area (Å²) in [6.07, 6.45) is -2.71. The summed E-state index contributed by atoms with van der Waals surface area (Å²) in [4.78, 5) is 2.42. The van der Waals surface area contributed by atoms with E-state index in [4.69, 9.17) is 4.74 Å². The molecule has 116 valence electrons. The van der Waals surface area contributed by atoms with E-state index in [9.17, 15) is 13.2 Å². The molecule has 0 aliphatic heterocycles. The van der Waals surface area contributed by atoms with Crippen molar-refractivity contribution >= 4 is 11.3 Å².